The van der Waals surface area contributed by atoms with Crippen LogP contribution in [0, 0.1) is 13.8 Å². The van der Waals surface area contributed by atoms with Crippen LogP contribution in [0.4, 0.5) is 5.69 Å². The molecule has 3 rings (SSSR count). The second-order valence-corrected chi connectivity index (χ2v) is 6.55. The van der Waals surface area contributed by atoms with E-state index in [2.05, 4.69) is 48.3 Å². The summed E-state index contributed by atoms with van der Waals surface area (Å²) in [5.74, 6) is 0. The summed E-state index contributed by atoms with van der Waals surface area (Å²) < 4.78 is 1.78. The Hall–Kier alpha value is -2.14. The smallest absolute Gasteiger partial charge is 0.138 e. The zero-order chi connectivity index (χ0) is 14.8. The van der Waals surface area contributed by atoms with E-state index in [-0.39, 0.29) is 6.04 Å². The molecular formula is C16H18N4S. The average Bonchev–Trinajstić information content (AvgIpc) is 3.09. The van der Waals surface area contributed by atoms with Crippen LogP contribution >= 0.6 is 11.3 Å². The minimum absolute atomic E-state index is 0.250. The summed E-state index contributed by atoms with van der Waals surface area (Å²) in [7, 11) is 0. The fraction of sp³-hybridized carbons (Fsp3) is 0.250. The molecule has 21 heavy (non-hydrogen) atoms. The molecule has 0 amide bonds. The van der Waals surface area contributed by atoms with Crippen LogP contribution in [0.25, 0.3) is 5.69 Å². The molecule has 0 radical (unpaired) electrons. The summed E-state index contributed by atoms with van der Waals surface area (Å²) in [6, 6.07) is 10.7. The summed E-state index contributed by atoms with van der Waals surface area (Å²) in [4.78, 5) is 6.73. The van der Waals surface area contributed by atoms with E-state index >= 15 is 0 Å². The van der Waals surface area contributed by atoms with E-state index in [1.54, 1.807) is 17.3 Å². The Morgan fingerprint density at radius 2 is 2.05 bits per heavy atom. The summed E-state index contributed by atoms with van der Waals surface area (Å²) in [6.07, 6.45) is 3.26. The van der Waals surface area contributed by atoms with Gasteiger partial charge in [0, 0.05) is 15.8 Å². The highest BCUT2D eigenvalue weighted by atomic mass is 32.1. The van der Waals surface area contributed by atoms with Gasteiger partial charge in [-0.05, 0) is 44.5 Å². The summed E-state index contributed by atoms with van der Waals surface area (Å²) >= 11 is 1.84. The minimum atomic E-state index is 0.250. The second kappa shape index (κ2) is 5.69. The third-order valence-electron chi connectivity index (χ3n) is 3.49. The molecule has 1 unspecified atom stereocenters. The summed E-state index contributed by atoms with van der Waals surface area (Å²) in [6.45, 7) is 6.51. The molecule has 0 aliphatic carbocycles. The highest BCUT2D eigenvalue weighted by molar-refractivity contribution is 7.12. The lowest BCUT2D eigenvalue weighted by Crippen LogP contribution is -2.09. The van der Waals surface area contributed by atoms with Gasteiger partial charge in [-0.15, -0.1) is 11.3 Å². The Morgan fingerprint density at radius 1 is 1.24 bits per heavy atom. The van der Waals surface area contributed by atoms with Crippen molar-refractivity contribution in [1.29, 1.82) is 0 Å². The van der Waals surface area contributed by atoms with Crippen molar-refractivity contribution in [1.82, 2.24) is 14.8 Å². The third-order valence-corrected chi connectivity index (χ3v) is 4.47. The molecule has 0 aliphatic rings. The lowest BCUT2D eigenvalue weighted by Gasteiger charge is -2.18. The SMILES string of the molecule is Cc1cc(C(C)Nc2ccccc2-n2cncn2)c(C)s1. The zero-order valence-corrected chi connectivity index (χ0v) is 13.2. The number of rotatable bonds is 4. The highest BCUT2D eigenvalue weighted by Crippen LogP contribution is 2.30. The number of nitrogens with one attached hydrogen (secondary N) is 1. The van der Waals surface area contributed by atoms with Gasteiger partial charge in [-0.2, -0.15) is 5.10 Å². The van der Waals surface area contributed by atoms with Crippen molar-refractivity contribution >= 4 is 17.0 Å². The van der Waals surface area contributed by atoms with Crippen LogP contribution in [0.3, 0.4) is 0 Å². The van der Waals surface area contributed by atoms with Crippen molar-refractivity contribution < 1.29 is 0 Å². The molecule has 5 heteroatoms. The van der Waals surface area contributed by atoms with E-state index in [9.17, 15) is 0 Å². The quantitative estimate of drug-likeness (QED) is 0.788. The van der Waals surface area contributed by atoms with Gasteiger partial charge in [0.15, 0.2) is 0 Å². The first-order valence-corrected chi connectivity index (χ1v) is 7.74. The zero-order valence-electron chi connectivity index (χ0n) is 12.4. The van der Waals surface area contributed by atoms with E-state index in [4.69, 9.17) is 0 Å². The molecule has 4 nitrogen and oxygen atoms in total. The van der Waals surface area contributed by atoms with E-state index in [0.717, 1.165) is 11.4 Å². The van der Waals surface area contributed by atoms with Gasteiger partial charge in [-0.1, -0.05) is 12.1 Å². The van der Waals surface area contributed by atoms with E-state index in [0.29, 0.717) is 0 Å². The maximum absolute atomic E-state index is 4.22. The number of benzene rings is 1. The fourth-order valence-electron chi connectivity index (χ4n) is 2.52. The molecule has 108 valence electrons. The molecule has 0 fully saturated rings. The van der Waals surface area contributed by atoms with Crippen LogP contribution in [0.2, 0.25) is 0 Å². The molecule has 1 aromatic carbocycles. The maximum atomic E-state index is 4.22. The maximum Gasteiger partial charge on any atom is 0.138 e. The van der Waals surface area contributed by atoms with Crippen LogP contribution in [0.1, 0.15) is 28.3 Å². The molecule has 0 bridgehead atoms. The van der Waals surface area contributed by atoms with Crippen LogP contribution in [-0.4, -0.2) is 14.8 Å². The average molecular weight is 298 g/mol. The van der Waals surface area contributed by atoms with Crippen molar-refractivity contribution in [2.45, 2.75) is 26.8 Å². The number of anilines is 1. The number of aromatic nitrogens is 3. The number of hydrogen-bond donors (Lipinski definition) is 1. The van der Waals surface area contributed by atoms with Crippen molar-refractivity contribution in [3.8, 4) is 5.69 Å². The Kier molecular flexibility index (Phi) is 3.75. The molecule has 1 atom stereocenters. The lowest BCUT2D eigenvalue weighted by molar-refractivity contribution is 0.851. The van der Waals surface area contributed by atoms with E-state index in [1.807, 2.05) is 29.5 Å². The van der Waals surface area contributed by atoms with Gasteiger partial charge < -0.3 is 5.32 Å². The molecule has 3 aromatic rings. The predicted molar refractivity (Wildman–Crippen MR) is 87.2 cm³/mol. The van der Waals surface area contributed by atoms with Crippen molar-refractivity contribution in [3.63, 3.8) is 0 Å². The Balaban J connectivity index is 1.90. The Morgan fingerprint density at radius 3 is 2.71 bits per heavy atom. The predicted octanol–water partition coefficient (Wildman–Crippen LogP) is 4.12. The topological polar surface area (TPSA) is 42.7 Å². The lowest BCUT2D eigenvalue weighted by atomic mass is 10.1. The van der Waals surface area contributed by atoms with Crippen molar-refractivity contribution in [2.24, 2.45) is 0 Å². The molecule has 2 heterocycles. The molecule has 0 saturated carbocycles. The molecule has 2 aromatic heterocycles. The van der Waals surface area contributed by atoms with Crippen molar-refractivity contribution in [2.75, 3.05) is 5.32 Å². The van der Waals surface area contributed by atoms with Gasteiger partial charge in [0.25, 0.3) is 0 Å². The van der Waals surface area contributed by atoms with Gasteiger partial charge in [-0.3, -0.25) is 0 Å². The summed E-state index contributed by atoms with van der Waals surface area (Å²) in [5, 5.41) is 7.80. The number of nitrogens with zero attached hydrogens (tertiary/aromatic N) is 3. The van der Waals surface area contributed by atoms with Crippen LogP contribution in [0.5, 0.6) is 0 Å². The number of para-hydroxylation sites is 2. The Labute approximate surface area is 128 Å². The highest BCUT2D eigenvalue weighted by Gasteiger charge is 2.13. The molecule has 1 N–H and O–H groups in total. The van der Waals surface area contributed by atoms with Gasteiger partial charge in [-0.25, -0.2) is 9.67 Å². The largest absolute Gasteiger partial charge is 0.377 e. The number of thiophene rings is 1. The molecular weight excluding hydrogens is 280 g/mol. The van der Waals surface area contributed by atoms with Gasteiger partial charge in [0.1, 0.15) is 12.7 Å². The standard InChI is InChI=1S/C16H18N4S/c1-11-8-14(13(3)21-11)12(2)19-15-6-4-5-7-16(15)20-10-17-9-18-20/h4-10,12,19H,1-3H3. The molecule has 0 aliphatic heterocycles. The number of hydrogen-bond acceptors (Lipinski definition) is 4. The van der Waals surface area contributed by atoms with E-state index < -0.39 is 0 Å². The fourth-order valence-corrected chi connectivity index (χ4v) is 3.54. The first-order chi connectivity index (χ1) is 10.1. The first kappa shape index (κ1) is 13.8. The minimum Gasteiger partial charge on any atom is -0.377 e. The first-order valence-electron chi connectivity index (χ1n) is 6.92. The number of aryl methyl sites for hydroxylation is 2. The van der Waals surface area contributed by atoms with Gasteiger partial charge >= 0.3 is 0 Å². The van der Waals surface area contributed by atoms with Crippen LogP contribution in [0.15, 0.2) is 43.0 Å². The van der Waals surface area contributed by atoms with Crippen molar-refractivity contribution in [3.05, 3.63) is 58.3 Å². The molecule has 0 saturated heterocycles. The normalized spacial score (nSPS) is 12.3. The van der Waals surface area contributed by atoms with Crippen LogP contribution in [-0.2, 0) is 0 Å². The van der Waals surface area contributed by atoms with Gasteiger partial charge in [0.2, 0.25) is 0 Å². The van der Waals surface area contributed by atoms with E-state index in [1.165, 1.54) is 15.3 Å². The monoisotopic (exact) mass is 298 g/mol. The molecule has 0 spiro atoms. The van der Waals surface area contributed by atoms with Gasteiger partial charge in [0.05, 0.1) is 11.4 Å². The van der Waals surface area contributed by atoms with Crippen LogP contribution < -0.4 is 5.32 Å². The third kappa shape index (κ3) is 2.83. The summed E-state index contributed by atoms with van der Waals surface area (Å²) in [5.41, 5.74) is 3.41. The second-order valence-electron chi connectivity index (χ2n) is 5.09. The Bertz CT molecular complexity index is 731.